The maximum atomic E-state index is 12.1. The van der Waals surface area contributed by atoms with Crippen molar-refractivity contribution >= 4 is 33.3 Å². The number of anilines is 1. The Bertz CT molecular complexity index is 777. The molecule has 0 spiro atoms. The number of nitrogens with zero attached hydrogens (tertiary/aromatic N) is 4. The van der Waals surface area contributed by atoms with Crippen LogP contribution in [-0.2, 0) is 10.0 Å². The summed E-state index contributed by atoms with van der Waals surface area (Å²) in [6, 6.07) is 2.84. The molecule has 0 aliphatic heterocycles. The summed E-state index contributed by atoms with van der Waals surface area (Å²) in [6.07, 6.45) is 2.65. The van der Waals surface area contributed by atoms with E-state index in [4.69, 9.17) is 21.7 Å². The first kappa shape index (κ1) is 16.8. The van der Waals surface area contributed by atoms with Gasteiger partial charge in [0.25, 0.3) is 10.0 Å². The zero-order valence-corrected chi connectivity index (χ0v) is 13.7. The number of ether oxygens (including phenoxy) is 2. The number of sulfonamides is 1. The third-order valence-electron chi connectivity index (χ3n) is 2.36. The molecule has 23 heavy (non-hydrogen) atoms. The number of aromatic nitrogens is 4. The number of pyridine rings is 1. The number of nitrogens with one attached hydrogen (secondary N) is 2. The lowest BCUT2D eigenvalue weighted by Gasteiger charge is -2.10. The minimum Gasteiger partial charge on any atom is -0.467 e. The minimum atomic E-state index is -3.86. The monoisotopic (exact) mass is 356 g/mol. The van der Waals surface area contributed by atoms with Crippen molar-refractivity contribution in [2.24, 2.45) is 0 Å². The smallest absolute Gasteiger partial charge is 0.324 e. The van der Waals surface area contributed by atoms with Crippen molar-refractivity contribution in [1.82, 2.24) is 24.7 Å². The van der Waals surface area contributed by atoms with E-state index in [9.17, 15) is 8.42 Å². The van der Waals surface area contributed by atoms with Gasteiger partial charge in [-0.05, 0) is 24.4 Å². The van der Waals surface area contributed by atoms with Crippen LogP contribution in [0.5, 0.6) is 12.0 Å². The molecule has 2 aromatic heterocycles. The van der Waals surface area contributed by atoms with E-state index in [0.717, 1.165) is 0 Å². The highest BCUT2D eigenvalue weighted by Crippen LogP contribution is 2.12. The summed E-state index contributed by atoms with van der Waals surface area (Å²) in [5.41, 5.74) is 0. The summed E-state index contributed by atoms with van der Waals surface area (Å²) in [6.45, 7) is 0. The molecule has 0 saturated carbocycles. The number of hydrogen-bond donors (Lipinski definition) is 2. The molecule has 0 amide bonds. The second-order valence-electron chi connectivity index (χ2n) is 3.88. The Hall–Kier alpha value is -2.60. The van der Waals surface area contributed by atoms with E-state index in [0.29, 0.717) is 0 Å². The van der Waals surface area contributed by atoms with E-state index in [2.05, 4.69) is 30.0 Å². The lowest BCUT2D eigenvalue weighted by Crippen LogP contribution is -2.34. The first-order chi connectivity index (χ1) is 10.9. The molecule has 0 unspecified atom stereocenters. The Morgan fingerprint density at radius 1 is 1.17 bits per heavy atom. The van der Waals surface area contributed by atoms with Crippen molar-refractivity contribution in [3.05, 3.63) is 24.5 Å². The average molecular weight is 356 g/mol. The summed E-state index contributed by atoms with van der Waals surface area (Å²) in [5, 5.41) is 2.28. The van der Waals surface area contributed by atoms with Crippen LogP contribution >= 0.6 is 12.2 Å². The van der Waals surface area contributed by atoms with Crippen LogP contribution in [0.4, 0.5) is 5.95 Å². The highest BCUT2D eigenvalue weighted by molar-refractivity contribution is 7.92. The Labute approximate surface area is 137 Å². The van der Waals surface area contributed by atoms with Gasteiger partial charge in [0, 0.05) is 12.4 Å². The predicted molar refractivity (Wildman–Crippen MR) is 83.7 cm³/mol. The van der Waals surface area contributed by atoms with Gasteiger partial charge >= 0.3 is 12.0 Å². The molecule has 0 fully saturated rings. The number of hydrogen-bond acceptors (Lipinski definition) is 9. The fourth-order valence-corrected chi connectivity index (χ4v) is 2.68. The van der Waals surface area contributed by atoms with Gasteiger partial charge in [0.15, 0.2) is 5.11 Å². The van der Waals surface area contributed by atoms with Crippen LogP contribution in [0.2, 0.25) is 0 Å². The Morgan fingerprint density at radius 3 is 2.35 bits per heavy atom. The molecule has 0 radical (unpaired) electrons. The third-order valence-corrected chi connectivity index (χ3v) is 4.02. The van der Waals surface area contributed by atoms with E-state index in [1.54, 1.807) is 0 Å². The molecule has 0 saturated heterocycles. The second-order valence-corrected chi connectivity index (χ2v) is 5.97. The molecule has 12 heteroatoms. The van der Waals surface area contributed by atoms with Crippen LogP contribution in [0.1, 0.15) is 0 Å². The molecule has 122 valence electrons. The zero-order chi connectivity index (χ0) is 16.9. The molecule has 2 heterocycles. The van der Waals surface area contributed by atoms with Gasteiger partial charge in [-0.25, -0.2) is 8.42 Å². The van der Waals surface area contributed by atoms with Crippen LogP contribution < -0.4 is 19.5 Å². The second kappa shape index (κ2) is 7.11. The standard InChI is InChI=1S/C11H12N6O4S2/c1-20-9-13-8(14-10(16-9)21-2)15-11(22)17-23(18,19)7-4-3-5-12-6-7/h3-6H,1-2H3,(H2,13,14,15,16,17,22). The quantitative estimate of drug-likeness (QED) is 0.704. The minimum absolute atomic E-state index is 0.0164. The number of rotatable bonds is 5. The van der Waals surface area contributed by atoms with Gasteiger partial charge in [-0.1, -0.05) is 0 Å². The Morgan fingerprint density at radius 2 is 1.83 bits per heavy atom. The highest BCUT2D eigenvalue weighted by atomic mass is 32.2. The molecule has 0 aromatic carbocycles. The van der Waals surface area contributed by atoms with Crippen LogP contribution in [0.3, 0.4) is 0 Å². The molecular weight excluding hydrogens is 344 g/mol. The molecule has 2 N–H and O–H groups in total. The van der Waals surface area contributed by atoms with E-state index in [1.807, 2.05) is 0 Å². The van der Waals surface area contributed by atoms with E-state index in [-0.39, 0.29) is 28.0 Å². The fourth-order valence-electron chi connectivity index (χ4n) is 1.39. The number of methoxy groups -OCH3 is 2. The van der Waals surface area contributed by atoms with Gasteiger partial charge in [0.1, 0.15) is 4.90 Å². The van der Waals surface area contributed by atoms with Gasteiger partial charge < -0.3 is 14.8 Å². The van der Waals surface area contributed by atoms with Crippen LogP contribution in [-0.4, -0.2) is 47.7 Å². The highest BCUT2D eigenvalue weighted by Gasteiger charge is 2.17. The molecule has 2 rings (SSSR count). The van der Waals surface area contributed by atoms with E-state index >= 15 is 0 Å². The largest absolute Gasteiger partial charge is 0.467 e. The van der Waals surface area contributed by atoms with Crippen molar-refractivity contribution in [3.63, 3.8) is 0 Å². The normalized spacial score (nSPS) is 10.7. The van der Waals surface area contributed by atoms with E-state index in [1.165, 1.54) is 38.7 Å². The van der Waals surface area contributed by atoms with Crippen LogP contribution in [0.15, 0.2) is 29.4 Å². The lowest BCUT2D eigenvalue weighted by molar-refractivity contribution is 0.341. The number of thiocarbonyl (C=S) groups is 1. The zero-order valence-electron chi connectivity index (χ0n) is 12.0. The Balaban J connectivity index is 2.14. The SMILES string of the molecule is COc1nc(NC(=S)NS(=O)(=O)c2cccnc2)nc(OC)n1. The predicted octanol–water partition coefficient (Wildman–Crippen LogP) is -0.0409. The molecule has 0 bridgehead atoms. The van der Waals surface area contributed by atoms with Gasteiger partial charge in [-0.15, -0.1) is 4.98 Å². The first-order valence-electron chi connectivity index (χ1n) is 6.02. The molecule has 2 aromatic rings. The average Bonchev–Trinajstić information content (AvgIpc) is 2.54. The summed E-state index contributed by atoms with van der Waals surface area (Å²) in [7, 11) is -1.13. The first-order valence-corrected chi connectivity index (χ1v) is 7.91. The van der Waals surface area contributed by atoms with Gasteiger partial charge in [0.2, 0.25) is 5.95 Å². The van der Waals surface area contributed by atoms with Crippen molar-refractivity contribution in [2.45, 2.75) is 4.90 Å². The van der Waals surface area contributed by atoms with Crippen molar-refractivity contribution in [1.29, 1.82) is 0 Å². The summed E-state index contributed by atoms with van der Waals surface area (Å²) >= 11 is 4.94. The molecule has 0 aliphatic carbocycles. The maximum Gasteiger partial charge on any atom is 0.324 e. The molecular formula is C11H12N6O4S2. The van der Waals surface area contributed by atoms with Crippen LogP contribution in [0.25, 0.3) is 0 Å². The van der Waals surface area contributed by atoms with Crippen molar-refractivity contribution < 1.29 is 17.9 Å². The Kier molecular flexibility index (Phi) is 5.18. The van der Waals surface area contributed by atoms with Crippen molar-refractivity contribution in [2.75, 3.05) is 19.5 Å². The van der Waals surface area contributed by atoms with Crippen molar-refractivity contribution in [3.8, 4) is 12.0 Å². The topological polar surface area (TPSA) is 128 Å². The maximum absolute atomic E-state index is 12.1. The van der Waals surface area contributed by atoms with Crippen LogP contribution in [0, 0.1) is 0 Å². The van der Waals surface area contributed by atoms with E-state index < -0.39 is 10.0 Å². The molecule has 10 nitrogen and oxygen atoms in total. The fraction of sp³-hybridized carbons (Fsp3) is 0.182. The summed E-state index contributed by atoms with van der Waals surface area (Å²) in [4.78, 5) is 15.3. The lowest BCUT2D eigenvalue weighted by atomic mass is 10.5. The van der Waals surface area contributed by atoms with Gasteiger partial charge in [-0.3, -0.25) is 9.71 Å². The molecule has 0 atom stereocenters. The third kappa shape index (κ3) is 4.43. The van der Waals surface area contributed by atoms with Gasteiger partial charge in [0.05, 0.1) is 14.2 Å². The summed E-state index contributed by atoms with van der Waals surface area (Å²) in [5.74, 6) is -0.0346. The summed E-state index contributed by atoms with van der Waals surface area (Å²) < 4.78 is 36.1. The van der Waals surface area contributed by atoms with Gasteiger partial charge in [-0.2, -0.15) is 9.97 Å². The molecule has 0 aliphatic rings.